The lowest BCUT2D eigenvalue weighted by atomic mass is 9.99. The lowest BCUT2D eigenvalue weighted by Crippen LogP contribution is -2.08. The molecule has 1 aliphatic rings. The molecule has 0 radical (unpaired) electrons. The molecule has 0 spiro atoms. The van der Waals surface area contributed by atoms with Crippen LogP contribution in [0.1, 0.15) is 34.3 Å². The maximum Gasteiger partial charge on any atom is 0.417 e. The highest BCUT2D eigenvalue weighted by Gasteiger charge is 2.35. The van der Waals surface area contributed by atoms with E-state index in [1.807, 2.05) is 0 Å². The molecule has 1 aromatic heterocycles. The quantitative estimate of drug-likeness (QED) is 0.648. The predicted octanol–water partition coefficient (Wildman–Crippen LogP) is 5.00. The zero-order valence-corrected chi connectivity index (χ0v) is 15.3. The summed E-state index contributed by atoms with van der Waals surface area (Å²) in [5.41, 5.74) is 1.06. The number of alkyl halides is 3. The summed E-state index contributed by atoms with van der Waals surface area (Å²) < 4.78 is 42.3. The van der Waals surface area contributed by atoms with E-state index in [2.05, 4.69) is 10.4 Å². The van der Waals surface area contributed by atoms with Gasteiger partial charge in [-0.25, -0.2) is 9.48 Å². The first-order valence-corrected chi connectivity index (χ1v) is 9.22. The monoisotopic (exact) mass is 401 g/mol. The number of hydrogen-bond donors (Lipinski definition) is 2. The van der Waals surface area contributed by atoms with Crippen molar-refractivity contribution in [2.75, 3.05) is 11.9 Å². The van der Waals surface area contributed by atoms with Crippen molar-refractivity contribution in [2.45, 2.75) is 25.4 Å². The van der Waals surface area contributed by atoms with E-state index in [9.17, 15) is 18.0 Å². The average molecular weight is 401 g/mol. The minimum Gasteiger partial charge on any atom is -0.478 e. The van der Waals surface area contributed by atoms with Crippen LogP contribution in [-0.4, -0.2) is 27.4 Å². The molecule has 5 nitrogen and oxygen atoms in total. The third-order valence-corrected chi connectivity index (χ3v) is 4.98. The minimum absolute atomic E-state index is 0.0425. The Morgan fingerprint density at radius 1 is 1.07 bits per heavy atom. The van der Waals surface area contributed by atoms with Crippen LogP contribution in [0.4, 0.5) is 19.0 Å². The first kappa shape index (κ1) is 19.0. The Kier molecular flexibility index (Phi) is 4.77. The van der Waals surface area contributed by atoms with Gasteiger partial charge in [-0.15, -0.1) is 0 Å². The summed E-state index contributed by atoms with van der Waals surface area (Å²) in [4.78, 5) is 11.1. The highest BCUT2D eigenvalue weighted by molar-refractivity contribution is 5.87. The Hall–Kier alpha value is -3.29. The summed E-state index contributed by atoms with van der Waals surface area (Å²) in [6.45, 7) is 0.687. The Morgan fingerprint density at radius 3 is 2.48 bits per heavy atom. The second kappa shape index (κ2) is 7.27. The van der Waals surface area contributed by atoms with Gasteiger partial charge in [-0.2, -0.15) is 18.3 Å². The first-order valence-electron chi connectivity index (χ1n) is 9.22. The predicted molar refractivity (Wildman–Crippen MR) is 102 cm³/mol. The minimum atomic E-state index is -4.49. The molecule has 29 heavy (non-hydrogen) atoms. The van der Waals surface area contributed by atoms with Crippen LogP contribution in [0.15, 0.2) is 48.5 Å². The topological polar surface area (TPSA) is 67.1 Å². The zero-order chi connectivity index (χ0) is 20.6. The number of aromatic carboxylic acids is 1. The third kappa shape index (κ3) is 3.57. The molecular weight excluding hydrogens is 383 g/mol. The molecule has 150 valence electrons. The van der Waals surface area contributed by atoms with Gasteiger partial charge >= 0.3 is 12.1 Å². The third-order valence-electron chi connectivity index (χ3n) is 4.98. The van der Waals surface area contributed by atoms with Crippen LogP contribution in [0, 0.1) is 0 Å². The number of nitrogens with one attached hydrogen (secondary N) is 1. The van der Waals surface area contributed by atoms with E-state index < -0.39 is 17.7 Å². The van der Waals surface area contributed by atoms with E-state index in [1.54, 1.807) is 22.9 Å². The molecule has 0 saturated carbocycles. The molecule has 0 bridgehead atoms. The molecule has 0 aliphatic carbocycles. The first-order chi connectivity index (χ1) is 13.9. The molecular formula is C21H18F3N3O2. The summed E-state index contributed by atoms with van der Waals surface area (Å²) in [7, 11) is 0. The van der Waals surface area contributed by atoms with E-state index in [1.165, 1.54) is 24.3 Å². The molecule has 2 N–H and O–H groups in total. The molecule has 2 heterocycles. The number of fused-ring (bicyclic) bond motifs is 1. The van der Waals surface area contributed by atoms with Gasteiger partial charge in [0, 0.05) is 17.7 Å². The molecule has 8 heteroatoms. The van der Waals surface area contributed by atoms with Crippen molar-refractivity contribution in [3.05, 3.63) is 65.2 Å². The van der Waals surface area contributed by atoms with E-state index in [0.717, 1.165) is 24.5 Å². The van der Waals surface area contributed by atoms with E-state index >= 15 is 0 Å². The average Bonchev–Trinajstić information content (AvgIpc) is 2.88. The molecule has 0 unspecified atom stereocenters. The number of carboxylic acids is 1. The van der Waals surface area contributed by atoms with Crippen molar-refractivity contribution in [1.82, 2.24) is 9.78 Å². The Balaban J connectivity index is 1.90. The van der Waals surface area contributed by atoms with Crippen LogP contribution in [0.5, 0.6) is 0 Å². The normalized spacial score (nSPS) is 14.0. The van der Waals surface area contributed by atoms with Crippen molar-refractivity contribution in [1.29, 1.82) is 0 Å². The van der Waals surface area contributed by atoms with Crippen molar-refractivity contribution in [3.8, 4) is 16.9 Å². The van der Waals surface area contributed by atoms with Crippen molar-refractivity contribution in [2.24, 2.45) is 0 Å². The number of benzene rings is 2. The molecule has 4 rings (SSSR count). The van der Waals surface area contributed by atoms with E-state index in [0.29, 0.717) is 30.2 Å². The summed E-state index contributed by atoms with van der Waals surface area (Å²) >= 11 is 0. The highest BCUT2D eigenvalue weighted by atomic mass is 19.4. The molecule has 3 aromatic rings. The second-order valence-corrected chi connectivity index (χ2v) is 6.87. The molecule has 0 amide bonds. The molecule has 0 atom stereocenters. The van der Waals surface area contributed by atoms with Gasteiger partial charge < -0.3 is 10.4 Å². The summed E-state index contributed by atoms with van der Waals surface area (Å²) in [5.74, 6) is -0.397. The van der Waals surface area contributed by atoms with Gasteiger partial charge in [0.15, 0.2) is 0 Å². The van der Waals surface area contributed by atoms with Crippen molar-refractivity contribution < 1.29 is 23.1 Å². The fraction of sp³-hybridized carbons (Fsp3) is 0.238. The van der Waals surface area contributed by atoms with Crippen LogP contribution < -0.4 is 5.32 Å². The molecule has 0 saturated heterocycles. The number of carboxylic acid groups (broad SMARTS) is 1. The Bertz CT molecular complexity index is 1060. The van der Waals surface area contributed by atoms with Gasteiger partial charge in [-0.1, -0.05) is 18.2 Å². The maximum atomic E-state index is 13.6. The largest absolute Gasteiger partial charge is 0.478 e. The lowest BCUT2D eigenvalue weighted by molar-refractivity contribution is -0.137. The van der Waals surface area contributed by atoms with Gasteiger partial charge in [0.25, 0.3) is 0 Å². The number of carbonyl (C=O) groups is 1. The number of rotatable bonds is 3. The summed E-state index contributed by atoms with van der Waals surface area (Å²) in [6, 6.07) is 11.5. The Labute approximate surface area is 164 Å². The fourth-order valence-corrected chi connectivity index (χ4v) is 3.59. The lowest BCUT2D eigenvalue weighted by Gasteiger charge is -2.12. The fourth-order valence-electron chi connectivity index (χ4n) is 3.59. The van der Waals surface area contributed by atoms with Crippen LogP contribution in [0.25, 0.3) is 16.9 Å². The summed E-state index contributed by atoms with van der Waals surface area (Å²) in [6.07, 6.45) is -2.15. The van der Waals surface area contributed by atoms with Gasteiger partial charge in [0.1, 0.15) is 5.82 Å². The maximum absolute atomic E-state index is 13.6. The van der Waals surface area contributed by atoms with Gasteiger partial charge in [-0.3, -0.25) is 0 Å². The van der Waals surface area contributed by atoms with E-state index in [-0.39, 0.29) is 11.1 Å². The number of nitrogens with zero attached hydrogens (tertiary/aromatic N) is 2. The molecule has 1 aliphatic heterocycles. The van der Waals surface area contributed by atoms with Gasteiger partial charge in [0.05, 0.1) is 22.5 Å². The second-order valence-electron chi connectivity index (χ2n) is 6.87. The highest BCUT2D eigenvalue weighted by Crippen LogP contribution is 2.40. The van der Waals surface area contributed by atoms with Crippen LogP contribution in [0.3, 0.4) is 0 Å². The molecule has 2 aromatic carbocycles. The number of hydrogen-bond acceptors (Lipinski definition) is 3. The molecule has 0 fully saturated rings. The number of halogens is 3. The summed E-state index contributed by atoms with van der Waals surface area (Å²) in [5, 5.41) is 16.9. The Morgan fingerprint density at radius 2 is 1.79 bits per heavy atom. The number of anilines is 1. The zero-order valence-electron chi connectivity index (χ0n) is 15.3. The van der Waals surface area contributed by atoms with Crippen LogP contribution >= 0.6 is 0 Å². The SMILES string of the molecule is O=C(O)c1ccc(-n2nc(-c3ccccc3C(F)(F)F)c3c2NCCCC3)cc1. The van der Waals surface area contributed by atoms with Gasteiger partial charge in [-0.05, 0) is 49.6 Å². The van der Waals surface area contributed by atoms with Crippen molar-refractivity contribution >= 4 is 11.8 Å². The van der Waals surface area contributed by atoms with E-state index in [4.69, 9.17) is 5.11 Å². The smallest absolute Gasteiger partial charge is 0.417 e. The van der Waals surface area contributed by atoms with Crippen LogP contribution in [-0.2, 0) is 12.6 Å². The van der Waals surface area contributed by atoms with Gasteiger partial charge in [0.2, 0.25) is 0 Å². The number of aromatic nitrogens is 2. The van der Waals surface area contributed by atoms with Crippen LogP contribution in [0.2, 0.25) is 0 Å². The van der Waals surface area contributed by atoms with Crippen molar-refractivity contribution in [3.63, 3.8) is 0 Å². The standard InChI is InChI=1S/C21H18F3N3O2/c22-21(23,24)17-7-2-1-5-15(17)18-16-6-3-4-12-25-19(16)27(26-18)14-10-8-13(9-11-14)20(28)29/h1-2,5,7-11,25H,3-4,6,12H2,(H,28,29).